The molecule has 1 aromatic carbocycles. The van der Waals surface area contributed by atoms with Crippen molar-refractivity contribution in [2.45, 2.75) is 25.9 Å². The molecule has 5 nitrogen and oxygen atoms in total. The lowest BCUT2D eigenvalue weighted by Crippen LogP contribution is -2.40. The Hall–Kier alpha value is -1.80. The van der Waals surface area contributed by atoms with Crippen molar-refractivity contribution in [3.05, 3.63) is 29.3 Å². The van der Waals surface area contributed by atoms with Crippen LogP contribution < -0.4 is 10.6 Å². The molecule has 0 atom stereocenters. The lowest BCUT2D eigenvalue weighted by molar-refractivity contribution is -0.137. The zero-order valence-electron chi connectivity index (χ0n) is 14.7. The molecule has 1 saturated heterocycles. The first-order valence-corrected chi connectivity index (χ1v) is 8.14. The molecule has 0 aromatic heterocycles. The number of carbonyl (C=O) groups is 2. The normalized spacial score (nSPS) is 15.3. The third-order valence-corrected chi connectivity index (χ3v) is 4.22. The van der Waals surface area contributed by atoms with Crippen molar-refractivity contribution in [3.8, 4) is 0 Å². The standard InChI is InChI=1S/C17H22F3N3O2.ClH/c1-11(24)22-15-8-13(7-14(9-15)17(18,19)20)16(25)23-5-3-12(4-6-23)10-21-2;/h7-9,12,21H,3-6,10H2,1-2H3,(H,22,24);1H. The van der Waals surface area contributed by atoms with Crippen LogP contribution in [-0.4, -0.2) is 43.4 Å². The Labute approximate surface area is 156 Å². The fourth-order valence-electron chi connectivity index (χ4n) is 3.00. The molecule has 9 heteroatoms. The molecular weight excluding hydrogens is 371 g/mol. The molecule has 0 saturated carbocycles. The summed E-state index contributed by atoms with van der Waals surface area (Å²) in [5, 5.41) is 5.42. The van der Waals surface area contributed by atoms with E-state index < -0.39 is 23.6 Å². The fourth-order valence-corrected chi connectivity index (χ4v) is 3.00. The van der Waals surface area contributed by atoms with Gasteiger partial charge in [0.2, 0.25) is 5.91 Å². The second-order valence-corrected chi connectivity index (χ2v) is 6.27. The molecule has 1 aromatic rings. The van der Waals surface area contributed by atoms with Gasteiger partial charge in [-0.3, -0.25) is 9.59 Å². The molecule has 146 valence electrons. The maximum atomic E-state index is 13.1. The van der Waals surface area contributed by atoms with Gasteiger partial charge in [-0.2, -0.15) is 13.2 Å². The SMILES string of the molecule is CNCC1CCN(C(=O)c2cc(NC(C)=O)cc(C(F)(F)F)c2)CC1.Cl. The molecule has 26 heavy (non-hydrogen) atoms. The van der Waals surface area contributed by atoms with Crippen molar-refractivity contribution < 1.29 is 22.8 Å². The number of nitrogens with one attached hydrogen (secondary N) is 2. The second kappa shape index (κ2) is 9.23. The summed E-state index contributed by atoms with van der Waals surface area (Å²) in [5.74, 6) is -0.475. The van der Waals surface area contributed by atoms with E-state index >= 15 is 0 Å². The number of amides is 2. The van der Waals surface area contributed by atoms with Crippen molar-refractivity contribution in [1.82, 2.24) is 10.2 Å². The minimum absolute atomic E-state index is 0. The molecule has 2 N–H and O–H groups in total. The molecule has 2 rings (SSSR count). The van der Waals surface area contributed by atoms with Gasteiger partial charge in [-0.25, -0.2) is 0 Å². The predicted octanol–water partition coefficient (Wildman–Crippen LogP) is 3.16. The Morgan fingerprint density at radius 1 is 1.19 bits per heavy atom. The van der Waals surface area contributed by atoms with Crippen molar-refractivity contribution in [3.63, 3.8) is 0 Å². The van der Waals surface area contributed by atoms with Crippen molar-refractivity contribution in [1.29, 1.82) is 0 Å². The number of hydrogen-bond donors (Lipinski definition) is 2. The first kappa shape index (κ1) is 22.2. The zero-order valence-corrected chi connectivity index (χ0v) is 15.5. The maximum Gasteiger partial charge on any atom is 0.416 e. The van der Waals surface area contributed by atoms with Gasteiger partial charge < -0.3 is 15.5 Å². The summed E-state index contributed by atoms with van der Waals surface area (Å²) in [6.07, 6.45) is -2.97. The Morgan fingerprint density at radius 2 is 1.81 bits per heavy atom. The largest absolute Gasteiger partial charge is 0.416 e. The Balaban J connectivity index is 0.00000338. The van der Waals surface area contributed by atoms with E-state index in [9.17, 15) is 22.8 Å². The maximum absolute atomic E-state index is 13.1. The van der Waals surface area contributed by atoms with Crippen LogP contribution in [0.2, 0.25) is 0 Å². The molecular formula is C17H23ClF3N3O2. The summed E-state index contributed by atoms with van der Waals surface area (Å²) in [6.45, 7) is 3.08. The molecule has 1 aliphatic rings. The molecule has 0 aliphatic carbocycles. The summed E-state index contributed by atoms with van der Waals surface area (Å²) >= 11 is 0. The minimum atomic E-state index is -4.59. The van der Waals surface area contributed by atoms with Crippen LogP contribution in [0.1, 0.15) is 35.7 Å². The average molecular weight is 394 g/mol. The number of nitrogens with zero attached hydrogens (tertiary/aromatic N) is 1. The van der Waals surface area contributed by atoms with Crippen molar-refractivity contribution in [2.75, 3.05) is 32.0 Å². The highest BCUT2D eigenvalue weighted by molar-refractivity contribution is 5.97. The van der Waals surface area contributed by atoms with Crippen LogP contribution in [0.5, 0.6) is 0 Å². The highest BCUT2D eigenvalue weighted by atomic mass is 35.5. The summed E-state index contributed by atoms with van der Waals surface area (Å²) in [4.78, 5) is 25.3. The lowest BCUT2D eigenvalue weighted by Gasteiger charge is -2.32. The van der Waals surface area contributed by atoms with Crippen LogP contribution in [-0.2, 0) is 11.0 Å². The van der Waals surface area contributed by atoms with E-state index in [1.54, 1.807) is 4.90 Å². The quantitative estimate of drug-likeness (QED) is 0.826. The number of carbonyl (C=O) groups excluding carboxylic acids is 2. The molecule has 1 aliphatic heterocycles. The minimum Gasteiger partial charge on any atom is -0.339 e. The number of likely N-dealkylation sites (tertiary alicyclic amines) is 1. The third kappa shape index (κ3) is 5.88. The van der Waals surface area contributed by atoms with E-state index in [0.717, 1.165) is 31.5 Å². The summed E-state index contributed by atoms with van der Waals surface area (Å²) < 4.78 is 39.2. The van der Waals surface area contributed by atoms with Crippen molar-refractivity contribution >= 4 is 29.9 Å². The molecule has 0 unspecified atom stereocenters. The van der Waals surface area contributed by atoms with E-state index in [2.05, 4.69) is 10.6 Å². The first-order chi connectivity index (χ1) is 11.7. The van der Waals surface area contributed by atoms with Crippen LogP contribution in [0, 0.1) is 5.92 Å². The van der Waals surface area contributed by atoms with Gasteiger partial charge in [0.05, 0.1) is 5.56 Å². The van der Waals surface area contributed by atoms with E-state index in [-0.39, 0.29) is 23.7 Å². The van der Waals surface area contributed by atoms with Gasteiger partial charge in [-0.1, -0.05) is 0 Å². The first-order valence-electron chi connectivity index (χ1n) is 8.14. The van der Waals surface area contributed by atoms with Crippen LogP contribution in [0.3, 0.4) is 0 Å². The number of benzene rings is 1. The van der Waals surface area contributed by atoms with Gasteiger partial charge in [0, 0.05) is 31.3 Å². The summed E-state index contributed by atoms with van der Waals surface area (Å²) in [7, 11) is 1.86. The van der Waals surface area contributed by atoms with Gasteiger partial charge in [0.25, 0.3) is 5.91 Å². The number of alkyl halides is 3. The van der Waals surface area contributed by atoms with E-state index in [1.165, 1.54) is 13.0 Å². The van der Waals surface area contributed by atoms with Gasteiger partial charge in [-0.05, 0) is 50.6 Å². The van der Waals surface area contributed by atoms with Gasteiger partial charge in [0.1, 0.15) is 0 Å². The molecule has 0 spiro atoms. The average Bonchev–Trinajstić information content (AvgIpc) is 2.53. The lowest BCUT2D eigenvalue weighted by atomic mass is 9.96. The molecule has 1 fully saturated rings. The number of rotatable bonds is 4. The van der Waals surface area contributed by atoms with Crippen LogP contribution in [0.4, 0.5) is 18.9 Å². The fraction of sp³-hybridized carbons (Fsp3) is 0.529. The predicted molar refractivity (Wildman–Crippen MR) is 95.5 cm³/mol. The topological polar surface area (TPSA) is 61.4 Å². The Morgan fingerprint density at radius 3 is 2.31 bits per heavy atom. The monoisotopic (exact) mass is 393 g/mol. The van der Waals surface area contributed by atoms with Gasteiger partial charge in [0.15, 0.2) is 0 Å². The Bertz CT molecular complexity index is 645. The highest BCUT2D eigenvalue weighted by Gasteiger charge is 2.33. The van der Waals surface area contributed by atoms with Crippen molar-refractivity contribution in [2.24, 2.45) is 5.92 Å². The molecule has 0 radical (unpaired) electrons. The van der Waals surface area contributed by atoms with Crippen LogP contribution in [0.15, 0.2) is 18.2 Å². The third-order valence-electron chi connectivity index (χ3n) is 4.22. The molecule has 2 amide bonds. The van der Waals surface area contributed by atoms with E-state index in [4.69, 9.17) is 0 Å². The van der Waals surface area contributed by atoms with E-state index in [0.29, 0.717) is 19.0 Å². The van der Waals surface area contributed by atoms with Gasteiger partial charge in [-0.15, -0.1) is 12.4 Å². The molecule has 0 bridgehead atoms. The Kier molecular flexibility index (Phi) is 7.89. The summed E-state index contributed by atoms with van der Waals surface area (Å²) in [6, 6.07) is 2.96. The zero-order chi connectivity index (χ0) is 18.6. The van der Waals surface area contributed by atoms with E-state index in [1.807, 2.05) is 7.05 Å². The van der Waals surface area contributed by atoms with Gasteiger partial charge >= 0.3 is 6.18 Å². The number of piperidine rings is 1. The summed E-state index contributed by atoms with van der Waals surface area (Å²) in [5.41, 5.74) is -1.05. The number of halogens is 4. The van der Waals surface area contributed by atoms with Crippen LogP contribution >= 0.6 is 12.4 Å². The second-order valence-electron chi connectivity index (χ2n) is 6.27. The number of hydrogen-bond acceptors (Lipinski definition) is 3. The molecule has 1 heterocycles. The smallest absolute Gasteiger partial charge is 0.339 e. The number of anilines is 1. The van der Waals surface area contributed by atoms with Crippen LogP contribution in [0.25, 0.3) is 0 Å². The highest BCUT2D eigenvalue weighted by Crippen LogP contribution is 2.32.